The molecule has 2 aromatic rings. The predicted octanol–water partition coefficient (Wildman–Crippen LogP) is 2.18. The molecular weight excluding hydrogens is 274 g/mol. The van der Waals surface area contributed by atoms with Gasteiger partial charge in [0.1, 0.15) is 5.69 Å². The zero-order chi connectivity index (χ0) is 12.7. The summed E-state index contributed by atoms with van der Waals surface area (Å²) in [6.07, 6.45) is 7.11. The molecule has 0 bridgehead atoms. The molecule has 2 fully saturated rings. The second-order valence-corrected chi connectivity index (χ2v) is 5.53. The number of nitrogens with one attached hydrogen (secondary N) is 1. The van der Waals surface area contributed by atoms with E-state index in [2.05, 4.69) is 38.9 Å². The molecular formula is C14H20ClN5. The number of pyridine rings is 1. The quantitative estimate of drug-likeness (QED) is 0.922. The van der Waals surface area contributed by atoms with Gasteiger partial charge < -0.3 is 10.2 Å². The molecule has 20 heavy (non-hydrogen) atoms. The van der Waals surface area contributed by atoms with Crippen LogP contribution in [0.25, 0.3) is 5.52 Å². The Labute approximate surface area is 124 Å². The van der Waals surface area contributed by atoms with E-state index in [9.17, 15) is 0 Å². The van der Waals surface area contributed by atoms with Crippen molar-refractivity contribution in [3.8, 4) is 0 Å². The number of hydrogen-bond donors (Lipinski definition) is 1. The molecule has 5 nitrogen and oxygen atoms in total. The molecule has 2 aliphatic rings. The van der Waals surface area contributed by atoms with Gasteiger partial charge in [-0.15, -0.1) is 17.5 Å². The van der Waals surface area contributed by atoms with E-state index in [-0.39, 0.29) is 12.4 Å². The number of fused-ring (bicyclic) bond motifs is 1. The fraction of sp³-hybridized carbons (Fsp3) is 0.571. The van der Waals surface area contributed by atoms with Gasteiger partial charge >= 0.3 is 0 Å². The van der Waals surface area contributed by atoms with Gasteiger partial charge in [-0.25, -0.2) is 4.52 Å². The first-order chi connectivity index (χ1) is 9.42. The first-order valence-electron chi connectivity index (χ1n) is 7.25. The molecule has 0 aliphatic carbocycles. The summed E-state index contributed by atoms with van der Waals surface area (Å²) in [6.45, 7) is 3.42. The number of anilines is 1. The minimum absolute atomic E-state index is 0. The molecule has 2 aliphatic heterocycles. The fourth-order valence-electron chi connectivity index (χ4n) is 3.23. The molecule has 0 spiro atoms. The molecule has 4 rings (SSSR count). The lowest BCUT2D eigenvalue weighted by Crippen LogP contribution is -2.18. The molecule has 0 amide bonds. The number of halogens is 1. The Morgan fingerprint density at radius 3 is 2.75 bits per heavy atom. The third-order valence-corrected chi connectivity index (χ3v) is 4.29. The smallest absolute Gasteiger partial charge is 0.107 e. The average Bonchev–Trinajstić information content (AvgIpc) is 3.18. The monoisotopic (exact) mass is 293 g/mol. The van der Waals surface area contributed by atoms with Crippen molar-refractivity contribution in [2.45, 2.75) is 31.7 Å². The van der Waals surface area contributed by atoms with Gasteiger partial charge in [0, 0.05) is 13.1 Å². The Balaban J connectivity index is 0.00000121. The zero-order valence-electron chi connectivity index (χ0n) is 11.5. The lowest BCUT2D eigenvalue weighted by molar-refractivity contribution is 0.628. The largest absolute Gasteiger partial charge is 0.370 e. The highest BCUT2D eigenvalue weighted by molar-refractivity contribution is 5.85. The highest BCUT2D eigenvalue weighted by atomic mass is 35.5. The number of aromatic nitrogens is 3. The van der Waals surface area contributed by atoms with E-state index in [1.54, 1.807) is 0 Å². The summed E-state index contributed by atoms with van der Waals surface area (Å²) < 4.78 is 1.93. The third kappa shape index (κ3) is 2.25. The van der Waals surface area contributed by atoms with Crippen molar-refractivity contribution in [2.75, 3.05) is 24.5 Å². The highest BCUT2D eigenvalue weighted by Gasteiger charge is 2.22. The van der Waals surface area contributed by atoms with Crippen molar-refractivity contribution in [1.82, 2.24) is 20.1 Å². The average molecular weight is 294 g/mol. The van der Waals surface area contributed by atoms with E-state index in [4.69, 9.17) is 0 Å². The molecule has 0 saturated carbocycles. The van der Waals surface area contributed by atoms with Crippen LogP contribution in [0.1, 0.15) is 37.4 Å². The van der Waals surface area contributed by atoms with Crippen LogP contribution in [-0.2, 0) is 0 Å². The summed E-state index contributed by atoms with van der Waals surface area (Å²) in [5, 5.41) is 12.2. The summed E-state index contributed by atoms with van der Waals surface area (Å²) in [6, 6.07) is 4.76. The molecule has 6 heteroatoms. The highest BCUT2D eigenvalue weighted by Crippen LogP contribution is 2.27. The summed E-state index contributed by atoms with van der Waals surface area (Å²) in [7, 11) is 0. The fourth-order valence-corrected chi connectivity index (χ4v) is 3.23. The Bertz CT molecular complexity index is 584. The van der Waals surface area contributed by atoms with Crippen LogP contribution in [0.15, 0.2) is 18.3 Å². The van der Waals surface area contributed by atoms with Crippen molar-refractivity contribution in [3.05, 3.63) is 24.0 Å². The maximum absolute atomic E-state index is 4.38. The predicted molar refractivity (Wildman–Crippen MR) is 81.7 cm³/mol. The van der Waals surface area contributed by atoms with E-state index < -0.39 is 0 Å². The van der Waals surface area contributed by atoms with E-state index in [1.165, 1.54) is 31.4 Å². The van der Waals surface area contributed by atoms with Crippen LogP contribution in [0.3, 0.4) is 0 Å². The van der Waals surface area contributed by atoms with E-state index in [1.807, 2.05) is 4.52 Å². The van der Waals surface area contributed by atoms with Crippen molar-refractivity contribution in [3.63, 3.8) is 0 Å². The Kier molecular flexibility index (Phi) is 3.81. The van der Waals surface area contributed by atoms with Crippen molar-refractivity contribution >= 4 is 23.6 Å². The lowest BCUT2D eigenvalue weighted by Gasteiger charge is -2.17. The van der Waals surface area contributed by atoms with Gasteiger partial charge in [-0.3, -0.25) is 0 Å². The van der Waals surface area contributed by atoms with Crippen molar-refractivity contribution in [1.29, 1.82) is 0 Å². The van der Waals surface area contributed by atoms with Crippen molar-refractivity contribution in [2.24, 2.45) is 0 Å². The van der Waals surface area contributed by atoms with Crippen LogP contribution in [0.4, 0.5) is 5.69 Å². The van der Waals surface area contributed by atoms with Crippen LogP contribution in [0.5, 0.6) is 0 Å². The Morgan fingerprint density at radius 2 is 2.00 bits per heavy atom. The second-order valence-electron chi connectivity index (χ2n) is 5.53. The summed E-state index contributed by atoms with van der Waals surface area (Å²) in [5.41, 5.74) is 3.51. The van der Waals surface area contributed by atoms with Gasteiger partial charge in [-0.05, 0) is 44.4 Å². The zero-order valence-corrected chi connectivity index (χ0v) is 12.3. The van der Waals surface area contributed by atoms with E-state index in [0.29, 0.717) is 6.04 Å². The molecule has 0 aromatic carbocycles. The van der Waals surface area contributed by atoms with Crippen molar-refractivity contribution < 1.29 is 0 Å². The van der Waals surface area contributed by atoms with Crippen LogP contribution in [0, 0.1) is 0 Å². The summed E-state index contributed by atoms with van der Waals surface area (Å²) in [4.78, 5) is 2.43. The third-order valence-electron chi connectivity index (χ3n) is 4.29. The standard InChI is InChI=1S/C14H19N5.ClH/c1-2-9-18(8-1)11-5-6-13-14(12-4-3-7-15-12)16-17-19(13)10-11;/h5-6,10,12,15H,1-4,7-9H2;1H. The van der Waals surface area contributed by atoms with Gasteiger partial charge in [-0.2, -0.15) is 0 Å². The molecule has 1 atom stereocenters. The second kappa shape index (κ2) is 5.58. The molecule has 1 unspecified atom stereocenters. The maximum atomic E-state index is 4.38. The van der Waals surface area contributed by atoms with E-state index >= 15 is 0 Å². The van der Waals surface area contributed by atoms with Gasteiger partial charge in [0.05, 0.1) is 23.4 Å². The Morgan fingerprint density at radius 1 is 1.15 bits per heavy atom. The van der Waals surface area contributed by atoms with E-state index in [0.717, 1.165) is 30.8 Å². The number of hydrogen-bond acceptors (Lipinski definition) is 4. The van der Waals surface area contributed by atoms with Crippen LogP contribution in [-0.4, -0.2) is 34.5 Å². The summed E-state index contributed by atoms with van der Waals surface area (Å²) in [5.74, 6) is 0. The minimum Gasteiger partial charge on any atom is -0.370 e. The molecule has 1 N–H and O–H groups in total. The molecule has 0 radical (unpaired) electrons. The minimum atomic E-state index is 0. The lowest BCUT2D eigenvalue weighted by atomic mass is 10.1. The first kappa shape index (κ1) is 13.6. The molecule has 4 heterocycles. The maximum Gasteiger partial charge on any atom is 0.107 e. The van der Waals surface area contributed by atoms with Gasteiger partial charge in [0.2, 0.25) is 0 Å². The molecule has 2 saturated heterocycles. The number of nitrogens with zero attached hydrogens (tertiary/aromatic N) is 4. The first-order valence-corrected chi connectivity index (χ1v) is 7.25. The number of rotatable bonds is 2. The Hall–Kier alpha value is -1.33. The molecule has 2 aromatic heterocycles. The SMILES string of the molecule is Cl.c1cc2c(C3CCCN3)nnn2cc1N1CCCC1. The van der Waals surface area contributed by atoms with Gasteiger partial charge in [-0.1, -0.05) is 5.21 Å². The van der Waals surface area contributed by atoms with Crippen LogP contribution in [0.2, 0.25) is 0 Å². The summed E-state index contributed by atoms with van der Waals surface area (Å²) >= 11 is 0. The van der Waals surface area contributed by atoms with Gasteiger partial charge in [0.25, 0.3) is 0 Å². The molecule has 108 valence electrons. The van der Waals surface area contributed by atoms with Gasteiger partial charge in [0.15, 0.2) is 0 Å². The topological polar surface area (TPSA) is 45.5 Å². The van der Waals surface area contributed by atoms with Crippen LogP contribution < -0.4 is 10.2 Å². The normalized spacial score (nSPS) is 22.4. The van der Waals surface area contributed by atoms with Crippen LogP contribution >= 0.6 is 12.4 Å².